The van der Waals surface area contributed by atoms with Crippen molar-refractivity contribution in [1.29, 1.82) is 0 Å². The van der Waals surface area contributed by atoms with Gasteiger partial charge in [-0.15, -0.1) is 0 Å². The Morgan fingerprint density at radius 1 is 0.933 bits per heavy atom. The number of nitrogens with two attached hydrogens (primary N) is 1. The normalized spacial score (nSPS) is 10.6. The number of hydrogen-bond donors (Lipinski definition) is 1. The van der Waals surface area contributed by atoms with Gasteiger partial charge in [-0.25, -0.2) is 14.5 Å². The standard InChI is InChI=1S/C23H18N4O3/c1-30-23(29)17-10-5-9-16(13-17)20-18(15-7-3-2-4-8-15)11-6-12-19(20)27-22(21(24)28)25-14-26-27/h2-14H,1H3,(H2,24,28). The zero-order valence-electron chi connectivity index (χ0n) is 16.1. The molecule has 4 aromatic rings. The minimum Gasteiger partial charge on any atom is -0.465 e. The number of amides is 1. The van der Waals surface area contributed by atoms with E-state index in [1.54, 1.807) is 18.2 Å². The van der Waals surface area contributed by atoms with E-state index in [-0.39, 0.29) is 5.82 Å². The Hall–Kier alpha value is -4.26. The number of nitrogens with zero attached hydrogens (tertiary/aromatic N) is 3. The first-order valence-electron chi connectivity index (χ1n) is 9.17. The molecule has 7 nitrogen and oxygen atoms in total. The molecule has 7 heteroatoms. The molecule has 0 saturated carbocycles. The van der Waals surface area contributed by atoms with Crippen molar-refractivity contribution in [3.63, 3.8) is 0 Å². The molecule has 0 atom stereocenters. The second-order valence-corrected chi connectivity index (χ2v) is 6.50. The molecule has 0 radical (unpaired) electrons. The smallest absolute Gasteiger partial charge is 0.337 e. The van der Waals surface area contributed by atoms with Gasteiger partial charge >= 0.3 is 5.97 Å². The van der Waals surface area contributed by atoms with Crippen LogP contribution in [0.5, 0.6) is 0 Å². The van der Waals surface area contributed by atoms with Gasteiger partial charge in [-0.1, -0.05) is 54.6 Å². The topological polar surface area (TPSA) is 100 Å². The summed E-state index contributed by atoms with van der Waals surface area (Å²) in [6.45, 7) is 0. The Labute approximate surface area is 172 Å². The van der Waals surface area contributed by atoms with E-state index in [0.29, 0.717) is 11.3 Å². The summed E-state index contributed by atoms with van der Waals surface area (Å²) in [6.07, 6.45) is 1.28. The van der Waals surface area contributed by atoms with Gasteiger partial charge in [-0.05, 0) is 34.9 Å². The van der Waals surface area contributed by atoms with Crippen molar-refractivity contribution < 1.29 is 14.3 Å². The van der Waals surface area contributed by atoms with Crippen molar-refractivity contribution in [2.24, 2.45) is 5.73 Å². The van der Waals surface area contributed by atoms with Crippen LogP contribution in [0.4, 0.5) is 0 Å². The summed E-state index contributed by atoms with van der Waals surface area (Å²) in [7, 11) is 1.34. The number of carbonyl (C=O) groups is 2. The molecular weight excluding hydrogens is 380 g/mol. The number of benzene rings is 3. The summed E-state index contributed by atoms with van der Waals surface area (Å²) >= 11 is 0. The van der Waals surface area contributed by atoms with Crippen molar-refractivity contribution in [3.8, 4) is 27.9 Å². The quantitative estimate of drug-likeness (QED) is 0.519. The number of aromatic nitrogens is 3. The molecule has 0 bridgehead atoms. The number of hydrogen-bond acceptors (Lipinski definition) is 5. The van der Waals surface area contributed by atoms with Gasteiger partial charge in [0.25, 0.3) is 5.91 Å². The lowest BCUT2D eigenvalue weighted by Gasteiger charge is -2.17. The van der Waals surface area contributed by atoms with E-state index in [0.717, 1.165) is 22.3 Å². The number of rotatable bonds is 5. The second kappa shape index (κ2) is 8.00. The minimum atomic E-state index is -0.688. The molecule has 148 valence electrons. The third-order valence-corrected chi connectivity index (χ3v) is 4.70. The first kappa shape index (κ1) is 19.1. The first-order chi connectivity index (χ1) is 14.6. The van der Waals surface area contributed by atoms with Crippen molar-refractivity contribution in [2.75, 3.05) is 7.11 Å². The number of esters is 1. The molecule has 4 rings (SSSR count). The molecule has 0 aliphatic carbocycles. The number of carbonyl (C=O) groups excluding carboxylic acids is 2. The predicted octanol–water partition coefficient (Wildman–Crippen LogP) is 3.49. The largest absolute Gasteiger partial charge is 0.465 e. The summed E-state index contributed by atoms with van der Waals surface area (Å²) in [4.78, 5) is 28.0. The molecular formula is C23H18N4O3. The molecule has 0 unspecified atom stereocenters. The van der Waals surface area contributed by atoms with Gasteiger partial charge in [0.1, 0.15) is 6.33 Å². The average Bonchev–Trinajstić information content (AvgIpc) is 3.29. The van der Waals surface area contributed by atoms with Crippen LogP contribution in [0, 0.1) is 0 Å². The molecule has 1 heterocycles. The first-order valence-corrected chi connectivity index (χ1v) is 9.17. The SMILES string of the molecule is COC(=O)c1cccc(-c2c(-c3ccccc3)cccc2-n2ncnc2C(N)=O)c1. The molecule has 1 amide bonds. The van der Waals surface area contributed by atoms with Crippen molar-refractivity contribution in [3.05, 3.63) is 90.5 Å². The zero-order chi connectivity index (χ0) is 21.1. The Balaban J connectivity index is 2.03. The van der Waals surface area contributed by atoms with Gasteiger partial charge in [0.2, 0.25) is 5.82 Å². The van der Waals surface area contributed by atoms with Crippen molar-refractivity contribution in [1.82, 2.24) is 14.8 Å². The fourth-order valence-electron chi connectivity index (χ4n) is 3.38. The highest BCUT2D eigenvalue weighted by Gasteiger charge is 2.20. The Morgan fingerprint density at radius 2 is 1.67 bits per heavy atom. The molecule has 0 fully saturated rings. The average molecular weight is 398 g/mol. The Bertz CT molecular complexity index is 1230. The lowest BCUT2D eigenvalue weighted by atomic mass is 9.92. The summed E-state index contributed by atoms with van der Waals surface area (Å²) in [5.41, 5.74) is 9.94. The summed E-state index contributed by atoms with van der Waals surface area (Å²) in [6, 6.07) is 22.6. The number of ether oxygens (including phenoxy) is 1. The van der Waals surface area contributed by atoms with Crippen LogP contribution >= 0.6 is 0 Å². The van der Waals surface area contributed by atoms with Crippen molar-refractivity contribution in [2.45, 2.75) is 0 Å². The monoisotopic (exact) mass is 398 g/mol. The maximum absolute atomic E-state index is 12.1. The van der Waals surface area contributed by atoms with Crippen LogP contribution in [0.1, 0.15) is 21.0 Å². The third kappa shape index (κ3) is 3.44. The van der Waals surface area contributed by atoms with Gasteiger partial charge in [-0.2, -0.15) is 5.10 Å². The van der Waals surface area contributed by atoms with E-state index in [1.807, 2.05) is 54.6 Å². The maximum atomic E-state index is 12.1. The minimum absolute atomic E-state index is 0.0191. The van der Waals surface area contributed by atoms with E-state index in [9.17, 15) is 9.59 Å². The van der Waals surface area contributed by atoms with Crippen LogP contribution in [0.15, 0.2) is 79.1 Å². The lowest BCUT2D eigenvalue weighted by Crippen LogP contribution is -2.18. The van der Waals surface area contributed by atoms with E-state index in [1.165, 1.54) is 18.1 Å². The Morgan fingerprint density at radius 3 is 2.40 bits per heavy atom. The number of primary amides is 1. The van der Waals surface area contributed by atoms with E-state index in [2.05, 4.69) is 10.1 Å². The van der Waals surface area contributed by atoms with Gasteiger partial charge in [0.15, 0.2) is 0 Å². The Kier molecular flexibility index (Phi) is 5.09. The van der Waals surface area contributed by atoms with Gasteiger partial charge in [0, 0.05) is 5.56 Å². The van der Waals surface area contributed by atoms with Gasteiger partial charge in [-0.3, -0.25) is 4.79 Å². The van der Waals surface area contributed by atoms with Crippen molar-refractivity contribution >= 4 is 11.9 Å². The highest BCUT2D eigenvalue weighted by Crippen LogP contribution is 2.37. The molecule has 0 saturated heterocycles. The highest BCUT2D eigenvalue weighted by molar-refractivity contribution is 5.95. The predicted molar refractivity (Wildman–Crippen MR) is 112 cm³/mol. The molecule has 0 aliphatic rings. The van der Waals surface area contributed by atoms with E-state index in [4.69, 9.17) is 10.5 Å². The highest BCUT2D eigenvalue weighted by atomic mass is 16.5. The van der Waals surface area contributed by atoms with Crippen LogP contribution in [-0.2, 0) is 4.74 Å². The molecule has 2 N–H and O–H groups in total. The zero-order valence-corrected chi connectivity index (χ0v) is 16.1. The molecule has 3 aromatic carbocycles. The summed E-state index contributed by atoms with van der Waals surface area (Å²) in [5, 5.41) is 4.22. The van der Waals surface area contributed by atoms with Crippen LogP contribution < -0.4 is 5.73 Å². The van der Waals surface area contributed by atoms with Gasteiger partial charge in [0.05, 0.1) is 18.4 Å². The van der Waals surface area contributed by atoms with Crippen LogP contribution in [0.25, 0.3) is 27.9 Å². The molecule has 1 aromatic heterocycles. The van der Waals surface area contributed by atoms with Gasteiger partial charge < -0.3 is 10.5 Å². The number of methoxy groups -OCH3 is 1. The fourth-order valence-corrected chi connectivity index (χ4v) is 3.38. The van der Waals surface area contributed by atoms with Crippen LogP contribution in [-0.4, -0.2) is 33.8 Å². The molecule has 0 spiro atoms. The van der Waals surface area contributed by atoms with Crippen LogP contribution in [0.3, 0.4) is 0 Å². The maximum Gasteiger partial charge on any atom is 0.337 e. The van der Waals surface area contributed by atoms with E-state index >= 15 is 0 Å². The van der Waals surface area contributed by atoms with E-state index < -0.39 is 11.9 Å². The molecule has 30 heavy (non-hydrogen) atoms. The third-order valence-electron chi connectivity index (χ3n) is 4.70. The fraction of sp³-hybridized carbons (Fsp3) is 0.0435. The lowest BCUT2D eigenvalue weighted by molar-refractivity contribution is 0.0600. The molecule has 0 aliphatic heterocycles. The van der Waals surface area contributed by atoms with Crippen LogP contribution in [0.2, 0.25) is 0 Å². The summed E-state index contributed by atoms with van der Waals surface area (Å²) in [5.74, 6) is -1.10. The summed E-state index contributed by atoms with van der Waals surface area (Å²) < 4.78 is 6.28. The second-order valence-electron chi connectivity index (χ2n) is 6.50.